The quantitative estimate of drug-likeness (QED) is 0.820. The van der Waals surface area contributed by atoms with Crippen LogP contribution in [-0.2, 0) is 14.8 Å². The molecule has 0 amide bonds. The Hall–Kier alpha value is -0.660. The molecule has 1 aromatic carbocycles. The molecule has 3 rings (SSSR count). The van der Waals surface area contributed by atoms with Gasteiger partial charge in [-0.2, -0.15) is 4.31 Å². The van der Waals surface area contributed by atoms with E-state index in [1.54, 1.807) is 18.2 Å². The van der Waals surface area contributed by atoms with E-state index in [0.717, 1.165) is 18.5 Å². The van der Waals surface area contributed by atoms with E-state index in [9.17, 15) is 8.42 Å². The second-order valence-electron chi connectivity index (χ2n) is 6.04. The van der Waals surface area contributed by atoms with E-state index in [4.69, 9.17) is 16.3 Å². The Morgan fingerprint density at radius 2 is 2.09 bits per heavy atom. The summed E-state index contributed by atoms with van der Waals surface area (Å²) in [6.07, 6.45) is 0.844. The molecule has 2 atom stereocenters. The van der Waals surface area contributed by atoms with E-state index in [2.05, 4.69) is 4.90 Å². The molecule has 2 heterocycles. The molecule has 5 nitrogen and oxygen atoms in total. The number of fused-ring (bicyclic) bond motifs is 1. The largest absolute Gasteiger partial charge is 0.375 e. The van der Waals surface area contributed by atoms with Crippen molar-refractivity contribution >= 4 is 21.6 Å². The van der Waals surface area contributed by atoms with Gasteiger partial charge in [-0.25, -0.2) is 8.42 Å². The van der Waals surface area contributed by atoms with Crippen LogP contribution < -0.4 is 0 Å². The third kappa shape index (κ3) is 2.90. The zero-order chi connectivity index (χ0) is 15.9. The summed E-state index contributed by atoms with van der Waals surface area (Å²) >= 11 is 6.16. The Balaban J connectivity index is 1.86. The summed E-state index contributed by atoms with van der Waals surface area (Å²) in [5.41, 5.74) is 0.947. The summed E-state index contributed by atoms with van der Waals surface area (Å²) in [7, 11) is -1.54. The normalized spacial score (nSPS) is 27.6. The van der Waals surface area contributed by atoms with Crippen LogP contribution in [0.4, 0.5) is 0 Å². The highest BCUT2D eigenvalue weighted by atomic mass is 35.5. The van der Waals surface area contributed by atoms with Crippen LogP contribution in [-0.4, -0.2) is 63.1 Å². The van der Waals surface area contributed by atoms with Gasteiger partial charge in [-0.3, -0.25) is 4.90 Å². The topological polar surface area (TPSA) is 49.9 Å². The van der Waals surface area contributed by atoms with Crippen LogP contribution in [0.1, 0.15) is 12.0 Å². The number of nitrogens with zero attached hydrogens (tertiary/aromatic N) is 2. The van der Waals surface area contributed by atoms with E-state index in [-0.39, 0.29) is 22.1 Å². The van der Waals surface area contributed by atoms with Crippen LogP contribution in [0, 0.1) is 6.92 Å². The molecule has 2 saturated heterocycles. The van der Waals surface area contributed by atoms with Crippen molar-refractivity contribution in [2.75, 3.05) is 33.3 Å². The molecule has 0 radical (unpaired) electrons. The van der Waals surface area contributed by atoms with Crippen LogP contribution in [0.5, 0.6) is 0 Å². The van der Waals surface area contributed by atoms with Gasteiger partial charge >= 0.3 is 0 Å². The molecule has 2 aliphatic heterocycles. The minimum Gasteiger partial charge on any atom is -0.375 e. The van der Waals surface area contributed by atoms with Gasteiger partial charge in [0.1, 0.15) is 4.90 Å². The summed E-state index contributed by atoms with van der Waals surface area (Å²) in [4.78, 5) is 2.38. The van der Waals surface area contributed by atoms with Crippen molar-refractivity contribution < 1.29 is 13.2 Å². The number of morpholine rings is 1. The number of ether oxygens (including phenoxy) is 1. The van der Waals surface area contributed by atoms with Crippen molar-refractivity contribution in [3.63, 3.8) is 0 Å². The minimum atomic E-state index is -3.56. The van der Waals surface area contributed by atoms with Crippen molar-refractivity contribution in [3.05, 3.63) is 28.8 Å². The molecular weight excluding hydrogens is 324 g/mol. The molecule has 0 N–H and O–H groups in total. The number of piperidine rings is 1. The molecular formula is C15H21ClN2O3S. The maximum atomic E-state index is 12.9. The predicted molar refractivity (Wildman–Crippen MR) is 85.7 cm³/mol. The lowest BCUT2D eigenvalue weighted by Crippen LogP contribution is -2.59. The molecule has 1 aromatic rings. The third-order valence-corrected chi connectivity index (χ3v) is 6.88. The van der Waals surface area contributed by atoms with E-state index >= 15 is 0 Å². The number of hydrogen-bond donors (Lipinski definition) is 0. The smallest absolute Gasteiger partial charge is 0.244 e. The fraction of sp³-hybridized carbons (Fsp3) is 0.600. The van der Waals surface area contributed by atoms with Gasteiger partial charge in [0.05, 0.1) is 17.7 Å². The lowest BCUT2D eigenvalue weighted by atomic mass is 10.0. The molecule has 122 valence electrons. The summed E-state index contributed by atoms with van der Waals surface area (Å²) in [5.74, 6) is 0. The molecule has 7 heteroatoms. The van der Waals surface area contributed by atoms with Crippen LogP contribution in [0.25, 0.3) is 0 Å². The Bertz CT molecular complexity index is 665. The van der Waals surface area contributed by atoms with Crippen molar-refractivity contribution in [2.24, 2.45) is 0 Å². The molecule has 2 aliphatic rings. The van der Waals surface area contributed by atoms with E-state index < -0.39 is 10.0 Å². The van der Waals surface area contributed by atoms with Crippen molar-refractivity contribution in [1.82, 2.24) is 9.21 Å². The Morgan fingerprint density at radius 3 is 2.82 bits per heavy atom. The minimum absolute atomic E-state index is 0.112. The van der Waals surface area contributed by atoms with Gasteiger partial charge in [0.25, 0.3) is 0 Å². The molecule has 22 heavy (non-hydrogen) atoms. The van der Waals surface area contributed by atoms with Crippen LogP contribution >= 0.6 is 11.6 Å². The number of likely N-dealkylation sites (N-methyl/N-ethyl adjacent to an activating group) is 1. The highest BCUT2D eigenvalue weighted by molar-refractivity contribution is 7.89. The fourth-order valence-corrected chi connectivity index (χ4v) is 5.23. The Morgan fingerprint density at radius 1 is 1.32 bits per heavy atom. The van der Waals surface area contributed by atoms with Crippen molar-refractivity contribution in [3.8, 4) is 0 Å². The predicted octanol–water partition coefficient (Wildman–Crippen LogP) is 1.74. The molecule has 0 aromatic heterocycles. The molecule has 2 unspecified atom stereocenters. The van der Waals surface area contributed by atoms with Gasteiger partial charge in [0, 0.05) is 25.7 Å². The highest BCUT2D eigenvalue weighted by Crippen LogP contribution is 2.30. The lowest BCUT2D eigenvalue weighted by Gasteiger charge is -2.45. The number of halogens is 1. The summed E-state index contributed by atoms with van der Waals surface area (Å²) in [6.45, 7) is 4.37. The zero-order valence-electron chi connectivity index (χ0n) is 12.8. The van der Waals surface area contributed by atoms with Crippen molar-refractivity contribution in [2.45, 2.75) is 30.4 Å². The molecule has 2 fully saturated rings. The van der Waals surface area contributed by atoms with Gasteiger partial charge in [0.2, 0.25) is 10.0 Å². The lowest BCUT2D eigenvalue weighted by molar-refractivity contribution is -0.0840. The van der Waals surface area contributed by atoms with Gasteiger partial charge in [-0.05, 0) is 38.1 Å². The molecule has 0 aliphatic carbocycles. The summed E-state index contributed by atoms with van der Waals surface area (Å²) < 4.78 is 33.1. The van der Waals surface area contributed by atoms with Gasteiger partial charge < -0.3 is 4.74 Å². The third-order valence-electron chi connectivity index (χ3n) is 4.53. The number of aryl methyl sites for hydroxylation is 1. The second kappa shape index (κ2) is 6.09. The number of benzene rings is 1. The SMILES string of the molecule is Cc1ccc(S(=O)(=O)N2CCC3OCCN(C)C3C2)c(Cl)c1. The van der Waals surface area contributed by atoms with Crippen molar-refractivity contribution in [1.29, 1.82) is 0 Å². The van der Waals surface area contributed by atoms with Gasteiger partial charge in [-0.15, -0.1) is 0 Å². The van der Waals surface area contributed by atoms with Crippen LogP contribution in [0.15, 0.2) is 23.1 Å². The van der Waals surface area contributed by atoms with Gasteiger partial charge in [-0.1, -0.05) is 17.7 Å². The first-order valence-electron chi connectivity index (χ1n) is 7.48. The van der Waals surface area contributed by atoms with Crippen LogP contribution in [0.2, 0.25) is 5.02 Å². The summed E-state index contributed by atoms with van der Waals surface area (Å²) in [5, 5.41) is 0.287. The standard InChI is InChI=1S/C15H21ClN2O3S/c1-11-3-4-15(12(16)9-11)22(19,20)18-6-5-14-13(10-18)17(2)7-8-21-14/h3-4,9,13-14H,5-8,10H2,1-2H3. The average Bonchev–Trinajstić information content (AvgIpc) is 2.47. The first kappa shape index (κ1) is 16.2. The monoisotopic (exact) mass is 344 g/mol. The number of rotatable bonds is 2. The van der Waals surface area contributed by atoms with E-state index in [1.165, 1.54) is 4.31 Å². The number of sulfonamides is 1. The van der Waals surface area contributed by atoms with E-state index in [0.29, 0.717) is 19.7 Å². The Labute approximate surface area is 136 Å². The first-order valence-corrected chi connectivity index (χ1v) is 9.29. The zero-order valence-corrected chi connectivity index (χ0v) is 14.4. The molecule has 0 spiro atoms. The maximum absolute atomic E-state index is 12.9. The highest BCUT2D eigenvalue weighted by Gasteiger charge is 2.40. The van der Waals surface area contributed by atoms with Gasteiger partial charge in [0.15, 0.2) is 0 Å². The number of hydrogen-bond acceptors (Lipinski definition) is 4. The molecule has 0 saturated carbocycles. The van der Waals surface area contributed by atoms with E-state index in [1.807, 2.05) is 14.0 Å². The molecule has 0 bridgehead atoms. The summed E-state index contributed by atoms with van der Waals surface area (Å²) in [6, 6.07) is 5.18. The average molecular weight is 345 g/mol. The Kier molecular flexibility index (Phi) is 4.49. The fourth-order valence-electron chi connectivity index (χ4n) is 3.19. The maximum Gasteiger partial charge on any atom is 0.244 e. The second-order valence-corrected chi connectivity index (χ2v) is 8.36. The first-order chi connectivity index (χ1) is 10.4. The van der Waals surface area contributed by atoms with Crippen LogP contribution in [0.3, 0.4) is 0 Å².